The van der Waals surface area contributed by atoms with E-state index in [9.17, 15) is 0 Å². The molecule has 0 unspecified atom stereocenters. The molecule has 126 valence electrons. The average Bonchev–Trinajstić information content (AvgIpc) is 2.99. The summed E-state index contributed by atoms with van der Waals surface area (Å²) in [6.45, 7) is 6.75. The minimum atomic E-state index is 0.150. The highest BCUT2D eigenvalue weighted by Gasteiger charge is 2.18. The zero-order valence-corrected chi connectivity index (χ0v) is 14.2. The molecule has 5 nitrogen and oxygen atoms in total. The first-order chi connectivity index (χ1) is 11.1. The van der Waals surface area contributed by atoms with E-state index in [1.54, 1.807) is 6.33 Å². The van der Waals surface area contributed by atoms with Crippen LogP contribution in [0.15, 0.2) is 42.9 Å². The van der Waals surface area contributed by atoms with Crippen LogP contribution in [-0.2, 0) is 6.42 Å². The second-order valence-corrected chi connectivity index (χ2v) is 6.59. The van der Waals surface area contributed by atoms with Gasteiger partial charge in [0.25, 0.3) is 0 Å². The van der Waals surface area contributed by atoms with E-state index >= 15 is 0 Å². The first-order valence-electron chi connectivity index (χ1n) is 8.24. The maximum Gasteiger partial charge on any atom is 0.119 e. The van der Waals surface area contributed by atoms with Gasteiger partial charge in [-0.15, -0.1) is 0 Å². The molecule has 1 heterocycles. The number of nitrogens with two attached hydrogens (primary N) is 1. The molecule has 5 heteroatoms. The summed E-state index contributed by atoms with van der Waals surface area (Å²) in [4.78, 5) is 4.30. The molecule has 0 aliphatic heterocycles. The third kappa shape index (κ3) is 6.32. The lowest BCUT2D eigenvalue weighted by molar-refractivity contribution is 0.168. The van der Waals surface area contributed by atoms with E-state index in [1.807, 2.05) is 41.2 Å². The number of para-hydroxylation sites is 1. The van der Waals surface area contributed by atoms with Gasteiger partial charge in [-0.3, -0.25) is 4.68 Å². The molecule has 0 aliphatic carbocycles. The number of benzene rings is 1. The Balaban J connectivity index is 1.65. The molecule has 0 amide bonds. The molecule has 1 aromatic carbocycles. The van der Waals surface area contributed by atoms with Crippen molar-refractivity contribution < 1.29 is 4.74 Å². The van der Waals surface area contributed by atoms with Gasteiger partial charge in [-0.05, 0) is 36.9 Å². The molecule has 0 fully saturated rings. The van der Waals surface area contributed by atoms with Crippen LogP contribution in [0.5, 0.6) is 5.75 Å². The second-order valence-electron chi connectivity index (χ2n) is 6.59. The first kappa shape index (κ1) is 17.3. The summed E-state index contributed by atoms with van der Waals surface area (Å²) in [7, 11) is 0. The van der Waals surface area contributed by atoms with E-state index in [0.717, 1.165) is 43.9 Å². The fourth-order valence-electron chi connectivity index (χ4n) is 2.37. The molecule has 0 saturated heterocycles. The van der Waals surface area contributed by atoms with Crippen molar-refractivity contribution in [1.82, 2.24) is 9.66 Å². The number of hydrogen-bond donors (Lipinski definition) is 2. The van der Waals surface area contributed by atoms with E-state index in [4.69, 9.17) is 10.5 Å². The number of nitrogens with zero attached hydrogens (tertiary/aromatic N) is 2. The average molecular weight is 316 g/mol. The van der Waals surface area contributed by atoms with Crippen LogP contribution in [0.3, 0.4) is 0 Å². The predicted molar refractivity (Wildman–Crippen MR) is 94.2 cm³/mol. The van der Waals surface area contributed by atoms with Crippen molar-refractivity contribution in [3.8, 4) is 5.75 Å². The van der Waals surface area contributed by atoms with Crippen LogP contribution in [0, 0.1) is 5.41 Å². The monoisotopic (exact) mass is 316 g/mol. The summed E-state index contributed by atoms with van der Waals surface area (Å²) in [5, 5.41) is 0. The Morgan fingerprint density at radius 1 is 1.26 bits per heavy atom. The number of hydrogen-bond acceptors (Lipinski definition) is 4. The number of aromatic nitrogens is 2. The number of ether oxygens (including phenoxy) is 1. The van der Waals surface area contributed by atoms with Crippen molar-refractivity contribution in [1.29, 1.82) is 0 Å². The highest BCUT2D eigenvalue weighted by Crippen LogP contribution is 2.23. The fraction of sp³-hybridized carbons (Fsp3) is 0.500. The van der Waals surface area contributed by atoms with Gasteiger partial charge in [0.2, 0.25) is 0 Å². The van der Waals surface area contributed by atoms with Gasteiger partial charge in [-0.2, -0.15) is 0 Å². The molecule has 3 N–H and O–H groups in total. The first-order valence-corrected chi connectivity index (χ1v) is 8.24. The van der Waals surface area contributed by atoms with Crippen LogP contribution in [0.4, 0.5) is 0 Å². The lowest BCUT2D eigenvalue weighted by Crippen LogP contribution is -2.23. The summed E-state index contributed by atoms with van der Waals surface area (Å²) in [6.07, 6.45) is 6.79. The molecule has 1 aromatic heterocycles. The van der Waals surface area contributed by atoms with E-state index in [-0.39, 0.29) is 5.41 Å². The van der Waals surface area contributed by atoms with Crippen LogP contribution in [0.1, 0.15) is 32.4 Å². The molecule has 0 radical (unpaired) electrons. The number of nitrogens with one attached hydrogen (secondary N) is 1. The van der Waals surface area contributed by atoms with Crippen LogP contribution >= 0.6 is 0 Å². The van der Waals surface area contributed by atoms with Gasteiger partial charge in [0.05, 0.1) is 12.3 Å². The Hall–Kier alpha value is -2.01. The third-order valence-electron chi connectivity index (χ3n) is 3.73. The largest absolute Gasteiger partial charge is 0.493 e. The predicted octanol–water partition coefficient (Wildman–Crippen LogP) is 2.81. The van der Waals surface area contributed by atoms with Crippen molar-refractivity contribution in [2.24, 2.45) is 11.1 Å². The molecule has 0 bridgehead atoms. The third-order valence-corrected chi connectivity index (χ3v) is 3.73. The smallest absolute Gasteiger partial charge is 0.119 e. The highest BCUT2D eigenvalue weighted by molar-refractivity contribution is 5.20. The van der Waals surface area contributed by atoms with Crippen LogP contribution in [-0.4, -0.2) is 29.4 Å². The van der Waals surface area contributed by atoms with Gasteiger partial charge in [-0.1, -0.05) is 32.0 Å². The van der Waals surface area contributed by atoms with Crippen LogP contribution in [0.25, 0.3) is 0 Å². The Bertz CT molecular complexity index is 565. The van der Waals surface area contributed by atoms with Crippen LogP contribution in [0.2, 0.25) is 0 Å². The SMILES string of the molecule is CC(C)(CCCNn1cnc(CCN)c1)COc1ccccc1. The molecule has 23 heavy (non-hydrogen) atoms. The van der Waals surface area contributed by atoms with Crippen molar-refractivity contribution >= 4 is 0 Å². The normalized spacial score (nSPS) is 11.4. The molecular weight excluding hydrogens is 288 g/mol. The van der Waals surface area contributed by atoms with Gasteiger partial charge >= 0.3 is 0 Å². The quantitative estimate of drug-likeness (QED) is 0.662. The van der Waals surface area contributed by atoms with Crippen molar-refractivity contribution in [2.75, 3.05) is 25.1 Å². The van der Waals surface area contributed by atoms with Gasteiger partial charge < -0.3 is 15.9 Å². The summed E-state index contributed by atoms with van der Waals surface area (Å²) in [5.41, 5.74) is 10.0. The van der Waals surface area contributed by atoms with Gasteiger partial charge in [0.1, 0.15) is 12.1 Å². The van der Waals surface area contributed by atoms with Gasteiger partial charge in [-0.25, -0.2) is 4.98 Å². The standard InChI is InChI=1S/C18H28N4O/c1-18(2,14-23-17-7-4-3-5-8-17)10-6-12-21-22-13-16(9-11-19)20-15-22/h3-5,7-8,13,15,21H,6,9-12,14,19H2,1-2H3. The molecule has 0 atom stereocenters. The molecule has 0 saturated carbocycles. The van der Waals surface area contributed by atoms with E-state index in [0.29, 0.717) is 6.54 Å². The minimum absolute atomic E-state index is 0.150. The molecule has 2 aromatic rings. The Morgan fingerprint density at radius 3 is 2.78 bits per heavy atom. The molecule has 0 aliphatic rings. The van der Waals surface area contributed by atoms with E-state index < -0.39 is 0 Å². The molecule has 2 rings (SSSR count). The van der Waals surface area contributed by atoms with Crippen molar-refractivity contribution in [3.05, 3.63) is 48.5 Å². The van der Waals surface area contributed by atoms with E-state index in [1.165, 1.54) is 0 Å². The number of rotatable bonds is 10. The maximum atomic E-state index is 5.87. The van der Waals surface area contributed by atoms with Gasteiger partial charge in [0, 0.05) is 19.2 Å². The highest BCUT2D eigenvalue weighted by atomic mass is 16.5. The Kier molecular flexibility index (Phi) is 6.47. The lowest BCUT2D eigenvalue weighted by atomic mass is 9.89. The van der Waals surface area contributed by atoms with Gasteiger partial charge in [0.15, 0.2) is 0 Å². The zero-order chi connectivity index (χ0) is 16.5. The maximum absolute atomic E-state index is 5.87. The summed E-state index contributed by atoms with van der Waals surface area (Å²) in [6, 6.07) is 9.98. The van der Waals surface area contributed by atoms with Crippen molar-refractivity contribution in [3.63, 3.8) is 0 Å². The second kappa shape index (κ2) is 8.58. The topological polar surface area (TPSA) is 65.1 Å². The minimum Gasteiger partial charge on any atom is -0.493 e. The summed E-state index contributed by atoms with van der Waals surface area (Å²) in [5.74, 6) is 0.935. The number of imidazole rings is 1. The molecule has 0 spiro atoms. The van der Waals surface area contributed by atoms with Crippen LogP contribution < -0.4 is 15.9 Å². The zero-order valence-electron chi connectivity index (χ0n) is 14.2. The Labute approximate surface area is 138 Å². The Morgan fingerprint density at radius 2 is 2.04 bits per heavy atom. The summed E-state index contributed by atoms with van der Waals surface area (Å²) < 4.78 is 7.78. The molecular formula is C18H28N4O. The van der Waals surface area contributed by atoms with E-state index in [2.05, 4.69) is 24.3 Å². The van der Waals surface area contributed by atoms with Crippen molar-refractivity contribution in [2.45, 2.75) is 33.1 Å². The lowest BCUT2D eigenvalue weighted by Gasteiger charge is -2.25. The summed E-state index contributed by atoms with van der Waals surface area (Å²) >= 11 is 0. The fourth-order valence-corrected chi connectivity index (χ4v) is 2.37.